The van der Waals surface area contributed by atoms with Crippen LogP contribution in [0, 0.1) is 0 Å². The zero-order valence-electron chi connectivity index (χ0n) is 2.35. The van der Waals surface area contributed by atoms with Crippen molar-refractivity contribution in [3.8, 4) is 0 Å². The van der Waals surface area contributed by atoms with E-state index in [1.165, 1.54) is 0 Å². The molecular formula is H8O4Ru+2. The molecule has 4 nitrogen and oxygen atoms in total. The van der Waals surface area contributed by atoms with Crippen molar-refractivity contribution in [2.24, 2.45) is 0 Å². The van der Waals surface area contributed by atoms with Crippen molar-refractivity contribution in [2.75, 3.05) is 0 Å². The summed E-state index contributed by atoms with van der Waals surface area (Å²) in [6.07, 6.45) is 0. The molecule has 0 saturated carbocycles. The largest absolute Gasteiger partial charge is 2.00 e. The molecule has 0 amide bonds. The van der Waals surface area contributed by atoms with Gasteiger partial charge < -0.3 is 21.9 Å². The Labute approximate surface area is 42.2 Å². The van der Waals surface area contributed by atoms with E-state index in [-0.39, 0.29) is 41.4 Å². The first kappa shape index (κ1) is 507. The van der Waals surface area contributed by atoms with E-state index in [1.54, 1.807) is 0 Å². The third-order valence-corrected chi connectivity index (χ3v) is 0. The maximum Gasteiger partial charge on any atom is 2.00 e. The maximum absolute atomic E-state index is 0. The van der Waals surface area contributed by atoms with Crippen molar-refractivity contribution in [3.05, 3.63) is 0 Å². The summed E-state index contributed by atoms with van der Waals surface area (Å²) in [4.78, 5) is 0. The molecule has 0 aromatic heterocycles. The SMILES string of the molecule is O.O.O.O.[Ru+2]. The van der Waals surface area contributed by atoms with Gasteiger partial charge >= 0.3 is 19.5 Å². The molecule has 38 valence electrons. The zero-order chi connectivity index (χ0) is 0. The summed E-state index contributed by atoms with van der Waals surface area (Å²) in [5.41, 5.74) is 0. The van der Waals surface area contributed by atoms with Gasteiger partial charge in [-0.1, -0.05) is 0 Å². The van der Waals surface area contributed by atoms with Gasteiger partial charge in [0.1, 0.15) is 0 Å². The molecule has 5 heavy (non-hydrogen) atoms. The van der Waals surface area contributed by atoms with Gasteiger partial charge in [0.2, 0.25) is 0 Å². The van der Waals surface area contributed by atoms with E-state index in [4.69, 9.17) is 0 Å². The standard InChI is InChI=1S/4H2O.Ru/h4*1H2;/q;;;;+2. The summed E-state index contributed by atoms with van der Waals surface area (Å²) in [5.74, 6) is 0. The molecule has 0 aliphatic carbocycles. The summed E-state index contributed by atoms with van der Waals surface area (Å²) in [6, 6.07) is 0. The van der Waals surface area contributed by atoms with E-state index in [1.807, 2.05) is 0 Å². The van der Waals surface area contributed by atoms with Crippen LogP contribution in [0.2, 0.25) is 0 Å². The first-order valence-electron chi connectivity index (χ1n) is 0. The Morgan fingerprint density at radius 2 is 0.400 bits per heavy atom. The Kier molecular flexibility index (Phi) is 25300. The number of hydrogen-bond acceptors (Lipinski definition) is 0. The zero-order valence-corrected chi connectivity index (χ0v) is 4.09. The molecule has 0 aromatic rings. The third-order valence-electron chi connectivity index (χ3n) is 0. The topological polar surface area (TPSA) is 126 Å². The normalized spacial score (nSPS) is 0. The third kappa shape index (κ3) is 126. The van der Waals surface area contributed by atoms with Gasteiger partial charge in [0.05, 0.1) is 0 Å². The van der Waals surface area contributed by atoms with E-state index in [2.05, 4.69) is 0 Å². The van der Waals surface area contributed by atoms with Crippen molar-refractivity contribution in [1.29, 1.82) is 0 Å². The van der Waals surface area contributed by atoms with E-state index >= 15 is 0 Å². The van der Waals surface area contributed by atoms with Crippen LogP contribution in [0.15, 0.2) is 0 Å². The van der Waals surface area contributed by atoms with Crippen LogP contribution in [-0.4, -0.2) is 21.9 Å². The molecule has 0 spiro atoms. The van der Waals surface area contributed by atoms with Gasteiger partial charge in [0.15, 0.2) is 0 Å². The maximum atomic E-state index is 0. The number of rotatable bonds is 0. The first-order chi connectivity index (χ1) is 0. The summed E-state index contributed by atoms with van der Waals surface area (Å²) in [6.45, 7) is 0. The van der Waals surface area contributed by atoms with Crippen LogP contribution in [0.5, 0.6) is 0 Å². The summed E-state index contributed by atoms with van der Waals surface area (Å²) < 4.78 is 0. The fraction of sp³-hybridized carbons (Fsp3) is 0. The second-order valence-electron chi connectivity index (χ2n) is 0. The van der Waals surface area contributed by atoms with Gasteiger partial charge in [-0.3, -0.25) is 0 Å². The molecule has 0 unspecified atom stereocenters. The quantitative estimate of drug-likeness (QED) is 0.340. The Balaban J connectivity index is 0. The average Bonchev–Trinajstić information content (AvgIpc) is 0. The first-order valence-corrected chi connectivity index (χ1v) is 0. The van der Waals surface area contributed by atoms with E-state index in [0.717, 1.165) is 0 Å². The second kappa shape index (κ2) is 249. The molecule has 0 atom stereocenters. The molecule has 0 fully saturated rings. The van der Waals surface area contributed by atoms with E-state index in [9.17, 15) is 0 Å². The Morgan fingerprint density at radius 3 is 0.400 bits per heavy atom. The van der Waals surface area contributed by atoms with Gasteiger partial charge in [0.25, 0.3) is 0 Å². The van der Waals surface area contributed by atoms with Gasteiger partial charge in [-0.2, -0.15) is 0 Å². The fourth-order valence-corrected chi connectivity index (χ4v) is 0. The average molecular weight is 173 g/mol. The van der Waals surface area contributed by atoms with Gasteiger partial charge in [-0.05, 0) is 0 Å². The fourth-order valence-electron chi connectivity index (χ4n) is 0. The summed E-state index contributed by atoms with van der Waals surface area (Å²) in [7, 11) is 0. The summed E-state index contributed by atoms with van der Waals surface area (Å²) in [5, 5.41) is 0. The molecule has 0 saturated heterocycles. The molecular weight excluding hydrogens is 165 g/mol. The van der Waals surface area contributed by atoms with Crippen LogP contribution in [0.25, 0.3) is 0 Å². The van der Waals surface area contributed by atoms with Crippen LogP contribution in [-0.2, 0) is 19.5 Å². The molecule has 0 rings (SSSR count). The van der Waals surface area contributed by atoms with Crippen LogP contribution < -0.4 is 0 Å². The molecule has 0 radical (unpaired) electrons. The van der Waals surface area contributed by atoms with Crippen molar-refractivity contribution < 1.29 is 41.4 Å². The minimum Gasteiger partial charge on any atom is -0.412 e. The predicted octanol–water partition coefficient (Wildman–Crippen LogP) is -3.30. The Morgan fingerprint density at radius 1 is 0.400 bits per heavy atom. The second-order valence-corrected chi connectivity index (χ2v) is 0. The van der Waals surface area contributed by atoms with Crippen LogP contribution in [0.3, 0.4) is 0 Å². The van der Waals surface area contributed by atoms with Gasteiger partial charge in [0, 0.05) is 0 Å². The number of hydrogen-bond donors (Lipinski definition) is 0. The molecule has 0 aliphatic heterocycles. The molecule has 0 bridgehead atoms. The minimum absolute atomic E-state index is 0. The molecule has 8 N–H and O–H groups in total. The minimum atomic E-state index is 0. The van der Waals surface area contributed by atoms with Crippen molar-refractivity contribution >= 4 is 0 Å². The Hall–Kier alpha value is 0.463. The van der Waals surface area contributed by atoms with E-state index in [0.29, 0.717) is 0 Å². The van der Waals surface area contributed by atoms with Crippen LogP contribution >= 0.6 is 0 Å². The van der Waals surface area contributed by atoms with Crippen LogP contribution in [0.4, 0.5) is 0 Å². The predicted molar refractivity (Wildman–Crippen MR) is 14.5 cm³/mol. The smallest absolute Gasteiger partial charge is 0.412 e. The summed E-state index contributed by atoms with van der Waals surface area (Å²) >= 11 is 0. The van der Waals surface area contributed by atoms with Crippen LogP contribution in [0.1, 0.15) is 0 Å². The molecule has 0 heterocycles. The van der Waals surface area contributed by atoms with Crippen molar-refractivity contribution in [1.82, 2.24) is 0 Å². The molecule has 0 aromatic carbocycles. The van der Waals surface area contributed by atoms with Crippen molar-refractivity contribution in [3.63, 3.8) is 0 Å². The van der Waals surface area contributed by atoms with Gasteiger partial charge in [-0.15, -0.1) is 0 Å². The molecule has 0 aliphatic rings. The molecule has 5 heteroatoms. The monoisotopic (exact) mass is 174 g/mol. The van der Waals surface area contributed by atoms with E-state index < -0.39 is 0 Å². The van der Waals surface area contributed by atoms with Crippen molar-refractivity contribution in [2.45, 2.75) is 0 Å². The van der Waals surface area contributed by atoms with Gasteiger partial charge in [-0.25, -0.2) is 0 Å². The Bertz CT molecular complexity index is 3.61.